The number of rotatable bonds is 4. The number of aromatic amines is 1. The van der Waals surface area contributed by atoms with Crippen LogP contribution in [0, 0.1) is 5.82 Å². The summed E-state index contributed by atoms with van der Waals surface area (Å²) in [5, 5.41) is 14.2. The average Bonchev–Trinajstić information content (AvgIpc) is 3.25. The first-order chi connectivity index (χ1) is 12.1. The Morgan fingerprint density at radius 1 is 1.16 bits per heavy atom. The van der Waals surface area contributed by atoms with E-state index in [1.165, 1.54) is 28.8 Å². The maximum Gasteiger partial charge on any atom is 0.232 e. The van der Waals surface area contributed by atoms with Gasteiger partial charge in [-0.2, -0.15) is 5.10 Å². The van der Waals surface area contributed by atoms with Gasteiger partial charge in [0.1, 0.15) is 22.3 Å². The molecule has 3 heterocycles. The summed E-state index contributed by atoms with van der Waals surface area (Å²) in [5.74, 6) is 0.0382. The van der Waals surface area contributed by atoms with Crippen LogP contribution in [0.1, 0.15) is 16.2 Å². The van der Waals surface area contributed by atoms with Crippen LogP contribution in [0.3, 0.4) is 0 Å². The Hall–Kier alpha value is -3.26. The summed E-state index contributed by atoms with van der Waals surface area (Å²) in [6.45, 7) is 0. The molecule has 9 heteroatoms. The number of benzene rings is 1. The zero-order chi connectivity index (χ0) is 17.4. The molecule has 124 valence electrons. The summed E-state index contributed by atoms with van der Waals surface area (Å²) in [7, 11) is 0. The van der Waals surface area contributed by atoms with Crippen LogP contribution >= 0.6 is 11.6 Å². The van der Waals surface area contributed by atoms with Gasteiger partial charge in [0, 0.05) is 11.6 Å². The minimum Gasteiger partial charge on any atom is -0.323 e. The molecule has 4 aromatic rings. The average molecular weight is 357 g/mol. The van der Waals surface area contributed by atoms with Gasteiger partial charge < -0.3 is 5.32 Å². The number of halogens is 2. The second-order valence-corrected chi connectivity index (χ2v) is 5.56. The number of hydrogen-bond acceptors (Lipinski definition) is 5. The highest BCUT2D eigenvalue weighted by Gasteiger charge is 2.18. The van der Waals surface area contributed by atoms with Gasteiger partial charge in [-0.25, -0.2) is 13.9 Å². The number of H-pyrrole nitrogens is 1. The van der Waals surface area contributed by atoms with Crippen LogP contribution < -0.4 is 5.32 Å². The Balaban J connectivity index is 1.82. The summed E-state index contributed by atoms with van der Waals surface area (Å²) in [4.78, 5) is 16.9. The van der Waals surface area contributed by atoms with Gasteiger partial charge in [-0.05, 0) is 36.4 Å². The molecular formula is C16H10ClFN6O. The lowest BCUT2D eigenvalue weighted by atomic mass is 10.1. The molecule has 2 N–H and O–H groups in total. The first-order valence-corrected chi connectivity index (χ1v) is 7.61. The molecule has 0 spiro atoms. The Bertz CT molecular complexity index is 1060. The fraction of sp³-hybridized carbons (Fsp3) is 0. The number of nitrogens with zero attached hydrogens (tertiary/aromatic N) is 4. The largest absolute Gasteiger partial charge is 0.323 e. The predicted octanol–water partition coefficient (Wildman–Crippen LogP) is 3.22. The molecule has 7 nitrogen and oxygen atoms in total. The van der Waals surface area contributed by atoms with Crippen LogP contribution in [0.25, 0.3) is 5.52 Å². The van der Waals surface area contributed by atoms with Crippen LogP contribution in [0.4, 0.5) is 16.0 Å². The van der Waals surface area contributed by atoms with Crippen molar-refractivity contribution < 1.29 is 9.18 Å². The number of ketones is 1. The Kier molecular flexibility index (Phi) is 3.66. The van der Waals surface area contributed by atoms with E-state index in [1.54, 1.807) is 24.4 Å². The van der Waals surface area contributed by atoms with Crippen molar-refractivity contribution in [3.8, 4) is 0 Å². The number of aromatic nitrogens is 5. The predicted molar refractivity (Wildman–Crippen MR) is 89.7 cm³/mol. The molecule has 0 aliphatic carbocycles. The SMILES string of the molecule is O=C(c1ccc(F)cc1)c1nc(Nc2ccn[nH]2)c2ccc(Cl)n2n1. The molecule has 25 heavy (non-hydrogen) atoms. The lowest BCUT2D eigenvalue weighted by Crippen LogP contribution is -2.12. The molecule has 3 aromatic heterocycles. The summed E-state index contributed by atoms with van der Waals surface area (Å²) in [6, 6.07) is 10.3. The van der Waals surface area contributed by atoms with Crippen molar-refractivity contribution in [2.45, 2.75) is 0 Å². The molecule has 0 bridgehead atoms. The number of anilines is 2. The van der Waals surface area contributed by atoms with Crippen molar-refractivity contribution in [3.05, 3.63) is 71.0 Å². The van der Waals surface area contributed by atoms with Crippen LogP contribution in [0.15, 0.2) is 48.7 Å². The van der Waals surface area contributed by atoms with Gasteiger partial charge in [0.25, 0.3) is 0 Å². The van der Waals surface area contributed by atoms with Crippen LogP contribution in [-0.2, 0) is 0 Å². The Morgan fingerprint density at radius 3 is 2.68 bits per heavy atom. The van der Waals surface area contributed by atoms with E-state index in [0.717, 1.165) is 0 Å². The van der Waals surface area contributed by atoms with Gasteiger partial charge in [-0.15, -0.1) is 5.10 Å². The number of carbonyl (C=O) groups is 1. The highest BCUT2D eigenvalue weighted by atomic mass is 35.5. The Labute approximate surface area is 145 Å². The summed E-state index contributed by atoms with van der Waals surface area (Å²) >= 11 is 6.13. The molecule has 0 aliphatic rings. The molecule has 0 saturated heterocycles. The van der Waals surface area contributed by atoms with Gasteiger partial charge >= 0.3 is 0 Å². The summed E-state index contributed by atoms with van der Waals surface area (Å²) in [5.41, 5.74) is 0.867. The van der Waals surface area contributed by atoms with Crippen molar-refractivity contribution in [2.75, 3.05) is 5.32 Å². The first kappa shape index (κ1) is 15.3. The smallest absolute Gasteiger partial charge is 0.232 e. The number of carbonyl (C=O) groups excluding carboxylic acids is 1. The molecular weight excluding hydrogens is 347 g/mol. The van der Waals surface area contributed by atoms with Crippen molar-refractivity contribution in [1.29, 1.82) is 0 Å². The molecule has 1 aromatic carbocycles. The summed E-state index contributed by atoms with van der Waals surface area (Å²) < 4.78 is 14.5. The number of fused-ring (bicyclic) bond motifs is 1. The lowest BCUT2D eigenvalue weighted by molar-refractivity contribution is 0.102. The minimum atomic E-state index is -0.445. The fourth-order valence-electron chi connectivity index (χ4n) is 2.34. The molecule has 0 unspecified atom stereocenters. The second-order valence-electron chi connectivity index (χ2n) is 5.17. The second kappa shape index (κ2) is 5.99. The zero-order valence-electron chi connectivity index (χ0n) is 12.6. The van der Waals surface area contributed by atoms with Gasteiger partial charge in [0.2, 0.25) is 11.6 Å². The van der Waals surface area contributed by atoms with E-state index in [9.17, 15) is 9.18 Å². The lowest BCUT2D eigenvalue weighted by Gasteiger charge is -2.08. The highest BCUT2D eigenvalue weighted by molar-refractivity contribution is 6.30. The van der Waals surface area contributed by atoms with Crippen molar-refractivity contribution in [2.24, 2.45) is 0 Å². The minimum absolute atomic E-state index is 0.0702. The maximum atomic E-state index is 13.1. The van der Waals surface area contributed by atoms with Gasteiger partial charge in [-0.1, -0.05) is 11.6 Å². The molecule has 0 fully saturated rings. The Morgan fingerprint density at radius 2 is 1.96 bits per heavy atom. The van der Waals surface area contributed by atoms with E-state index < -0.39 is 11.6 Å². The molecule has 0 aliphatic heterocycles. The van der Waals surface area contributed by atoms with Gasteiger partial charge in [0.05, 0.1) is 6.20 Å². The summed E-state index contributed by atoms with van der Waals surface area (Å²) in [6.07, 6.45) is 1.58. The number of nitrogens with one attached hydrogen (secondary N) is 2. The third-order valence-corrected chi connectivity index (χ3v) is 3.81. The van der Waals surface area contributed by atoms with E-state index in [2.05, 4.69) is 25.6 Å². The van der Waals surface area contributed by atoms with E-state index in [-0.39, 0.29) is 11.4 Å². The van der Waals surface area contributed by atoms with Crippen LogP contribution in [0.5, 0.6) is 0 Å². The van der Waals surface area contributed by atoms with E-state index in [1.807, 2.05) is 0 Å². The zero-order valence-corrected chi connectivity index (χ0v) is 13.3. The topological polar surface area (TPSA) is 88.0 Å². The van der Waals surface area contributed by atoms with Crippen LogP contribution in [-0.4, -0.2) is 30.6 Å². The molecule has 0 amide bonds. The molecule has 4 rings (SSSR count). The van der Waals surface area contributed by atoms with Gasteiger partial charge in [0.15, 0.2) is 5.82 Å². The normalized spacial score (nSPS) is 11.0. The van der Waals surface area contributed by atoms with Crippen molar-refractivity contribution in [3.63, 3.8) is 0 Å². The quantitative estimate of drug-likeness (QED) is 0.548. The van der Waals surface area contributed by atoms with Crippen LogP contribution in [0.2, 0.25) is 5.15 Å². The molecule has 0 saturated carbocycles. The van der Waals surface area contributed by atoms with E-state index >= 15 is 0 Å². The third-order valence-electron chi connectivity index (χ3n) is 3.53. The monoisotopic (exact) mass is 356 g/mol. The highest BCUT2D eigenvalue weighted by Crippen LogP contribution is 2.23. The maximum absolute atomic E-state index is 13.1. The molecule has 0 atom stereocenters. The van der Waals surface area contributed by atoms with E-state index in [4.69, 9.17) is 11.6 Å². The fourth-order valence-corrected chi connectivity index (χ4v) is 2.53. The standard InChI is InChI=1S/C16H10ClFN6O/c17-12-6-5-11-15(20-13-7-8-19-22-13)21-16(23-24(11)12)14(25)9-1-3-10(18)4-2-9/h1-8H,(H2,19,20,21,22,23). The molecule has 0 radical (unpaired) electrons. The third kappa shape index (κ3) is 2.83. The van der Waals surface area contributed by atoms with E-state index in [0.29, 0.717) is 22.3 Å². The number of hydrogen-bond donors (Lipinski definition) is 2. The van der Waals surface area contributed by atoms with Crippen molar-refractivity contribution >= 4 is 34.5 Å². The first-order valence-electron chi connectivity index (χ1n) is 7.24. The van der Waals surface area contributed by atoms with Gasteiger partial charge in [-0.3, -0.25) is 9.89 Å². The van der Waals surface area contributed by atoms with Crippen molar-refractivity contribution in [1.82, 2.24) is 24.8 Å².